The predicted octanol–water partition coefficient (Wildman–Crippen LogP) is 3.70. The van der Waals surface area contributed by atoms with Gasteiger partial charge in [0.15, 0.2) is 0 Å². The van der Waals surface area contributed by atoms with Gasteiger partial charge in [-0.25, -0.2) is 4.98 Å². The smallest absolute Gasteiger partial charge is 0.212 e. The Bertz CT molecular complexity index is 620. The van der Waals surface area contributed by atoms with Gasteiger partial charge in [-0.05, 0) is 36.5 Å². The Hall–Kier alpha value is -1.59. The van der Waals surface area contributed by atoms with Crippen LogP contribution in [0.3, 0.4) is 0 Å². The fourth-order valence-corrected chi connectivity index (χ4v) is 3.79. The molecule has 2 aliphatic rings. The van der Waals surface area contributed by atoms with Crippen LogP contribution in [0, 0.1) is 0 Å². The molecule has 1 aromatic heterocycles. The third-order valence-electron chi connectivity index (χ3n) is 3.75. The fourth-order valence-electron chi connectivity index (χ4n) is 2.65. The number of hydrogen-bond donors (Lipinski definition) is 0. The summed E-state index contributed by atoms with van der Waals surface area (Å²) >= 11 is 1.82. The van der Waals surface area contributed by atoms with E-state index in [0.717, 1.165) is 31.4 Å². The van der Waals surface area contributed by atoms with Crippen molar-refractivity contribution in [2.75, 3.05) is 20.8 Å². The number of thioether (sulfide) groups is 1. The molecule has 0 bridgehead atoms. The number of ether oxygens (including phenoxy) is 2. The zero-order valence-electron chi connectivity index (χ0n) is 12.9. The molecule has 0 radical (unpaired) electrons. The van der Waals surface area contributed by atoms with Gasteiger partial charge in [-0.2, -0.15) is 0 Å². The average molecular weight is 316 g/mol. The lowest BCUT2D eigenvalue weighted by Gasteiger charge is -2.18. The molecule has 0 aromatic carbocycles. The van der Waals surface area contributed by atoms with Gasteiger partial charge in [0.1, 0.15) is 6.04 Å². The van der Waals surface area contributed by atoms with Crippen molar-refractivity contribution in [3.63, 3.8) is 0 Å². The maximum atomic E-state index is 5.13. The van der Waals surface area contributed by atoms with Crippen LogP contribution in [0.15, 0.2) is 40.4 Å². The van der Waals surface area contributed by atoms with E-state index >= 15 is 0 Å². The van der Waals surface area contributed by atoms with Crippen molar-refractivity contribution < 1.29 is 9.47 Å². The lowest BCUT2D eigenvalue weighted by molar-refractivity contribution is 0.197. The molecular weight excluding hydrogens is 296 g/mol. The summed E-state index contributed by atoms with van der Waals surface area (Å²) in [6, 6.07) is 4.11. The van der Waals surface area contributed by atoms with Crippen molar-refractivity contribution >= 4 is 22.4 Å². The first-order valence-electron chi connectivity index (χ1n) is 7.46. The summed E-state index contributed by atoms with van der Waals surface area (Å²) in [6.45, 7) is 0.786. The second-order valence-corrected chi connectivity index (χ2v) is 6.36. The van der Waals surface area contributed by atoms with Crippen molar-refractivity contribution in [1.82, 2.24) is 4.98 Å². The molecule has 0 amide bonds. The van der Waals surface area contributed by atoms with Crippen molar-refractivity contribution in [2.24, 2.45) is 4.99 Å². The number of allylic oxidation sites excluding steroid dienone is 2. The minimum absolute atomic E-state index is 0.145. The molecule has 4 nitrogen and oxygen atoms in total. The predicted molar refractivity (Wildman–Crippen MR) is 91.4 cm³/mol. The van der Waals surface area contributed by atoms with Gasteiger partial charge in [0.2, 0.25) is 5.88 Å². The summed E-state index contributed by atoms with van der Waals surface area (Å²) in [4.78, 5) is 10.6. The highest BCUT2D eigenvalue weighted by Gasteiger charge is 2.29. The van der Waals surface area contributed by atoms with Crippen LogP contribution in [0.25, 0.3) is 5.57 Å². The summed E-state index contributed by atoms with van der Waals surface area (Å²) in [5, 5.41) is 1.21. The fraction of sp³-hybridized carbons (Fsp3) is 0.412. The van der Waals surface area contributed by atoms with E-state index < -0.39 is 0 Å². The number of aliphatic imine (C=N–C) groups is 1. The molecule has 0 saturated carbocycles. The van der Waals surface area contributed by atoms with Gasteiger partial charge in [-0.15, -0.1) is 0 Å². The topological polar surface area (TPSA) is 43.7 Å². The minimum atomic E-state index is 0.145. The van der Waals surface area contributed by atoms with E-state index in [1.807, 2.05) is 24.0 Å². The Morgan fingerprint density at radius 3 is 2.91 bits per heavy atom. The molecule has 2 heterocycles. The summed E-state index contributed by atoms with van der Waals surface area (Å²) in [7, 11) is 3.37. The molecule has 0 spiro atoms. The monoisotopic (exact) mass is 316 g/mol. The Morgan fingerprint density at radius 2 is 2.18 bits per heavy atom. The van der Waals surface area contributed by atoms with E-state index in [1.165, 1.54) is 15.5 Å². The molecule has 1 aromatic rings. The summed E-state index contributed by atoms with van der Waals surface area (Å²) < 4.78 is 10.3. The highest BCUT2D eigenvalue weighted by Crippen LogP contribution is 2.42. The number of nitrogens with zero attached hydrogens (tertiary/aromatic N) is 2. The van der Waals surface area contributed by atoms with Gasteiger partial charge < -0.3 is 9.47 Å². The van der Waals surface area contributed by atoms with Crippen LogP contribution in [0.4, 0.5) is 0 Å². The Labute approximate surface area is 135 Å². The van der Waals surface area contributed by atoms with Crippen LogP contribution in [0.5, 0.6) is 5.88 Å². The van der Waals surface area contributed by atoms with Crippen LogP contribution in [0.1, 0.15) is 24.8 Å². The number of methoxy groups -OCH3 is 2. The Kier molecular flexibility index (Phi) is 4.95. The van der Waals surface area contributed by atoms with Crippen LogP contribution in [0.2, 0.25) is 0 Å². The third-order valence-corrected chi connectivity index (χ3v) is 4.92. The molecule has 0 N–H and O–H groups in total. The van der Waals surface area contributed by atoms with E-state index in [2.05, 4.69) is 23.2 Å². The Balaban J connectivity index is 1.76. The quantitative estimate of drug-likeness (QED) is 0.751. The standard InChI is InChI=1S/C17H20N2O2S/c1-20-10-4-7-16-19-17-13(5-3-6-14(17)22-16)12-8-9-15(21-2)18-11-12/h5-6,8-9,11,17H,3-4,7,10H2,1-2H3. The number of fused-ring (bicyclic) bond motifs is 1. The first-order chi connectivity index (χ1) is 10.8. The highest BCUT2D eigenvalue weighted by atomic mass is 32.2. The SMILES string of the molecule is COCCCC1=NC2C(=CCC=C2c2ccc(OC)nc2)S1. The van der Waals surface area contributed by atoms with Gasteiger partial charge >= 0.3 is 0 Å². The van der Waals surface area contributed by atoms with Gasteiger partial charge in [0.25, 0.3) is 0 Å². The average Bonchev–Trinajstić information content (AvgIpc) is 2.98. The van der Waals surface area contributed by atoms with Gasteiger partial charge in [-0.3, -0.25) is 4.99 Å². The van der Waals surface area contributed by atoms with E-state index in [-0.39, 0.29) is 6.04 Å². The van der Waals surface area contributed by atoms with E-state index in [4.69, 9.17) is 14.5 Å². The van der Waals surface area contributed by atoms with Crippen LogP contribution >= 0.6 is 11.8 Å². The van der Waals surface area contributed by atoms with E-state index in [9.17, 15) is 0 Å². The molecule has 5 heteroatoms. The van der Waals surface area contributed by atoms with Crippen molar-refractivity contribution in [1.29, 1.82) is 0 Å². The Morgan fingerprint density at radius 1 is 1.27 bits per heavy atom. The molecule has 1 aliphatic heterocycles. The zero-order chi connectivity index (χ0) is 15.4. The maximum absolute atomic E-state index is 5.13. The van der Waals surface area contributed by atoms with E-state index in [0.29, 0.717) is 5.88 Å². The molecule has 3 rings (SSSR count). The summed E-state index contributed by atoms with van der Waals surface area (Å²) in [5.74, 6) is 0.639. The molecule has 22 heavy (non-hydrogen) atoms. The maximum Gasteiger partial charge on any atom is 0.212 e. The lowest BCUT2D eigenvalue weighted by atomic mass is 9.95. The van der Waals surface area contributed by atoms with Crippen LogP contribution < -0.4 is 4.74 Å². The van der Waals surface area contributed by atoms with Gasteiger partial charge in [0.05, 0.1) is 12.2 Å². The second-order valence-electron chi connectivity index (χ2n) is 5.21. The third kappa shape index (κ3) is 3.25. The highest BCUT2D eigenvalue weighted by molar-refractivity contribution is 8.17. The van der Waals surface area contributed by atoms with Crippen LogP contribution in [-0.4, -0.2) is 36.9 Å². The number of pyridine rings is 1. The van der Waals surface area contributed by atoms with Crippen molar-refractivity contribution in [3.8, 4) is 5.88 Å². The van der Waals surface area contributed by atoms with Gasteiger partial charge in [-0.1, -0.05) is 23.9 Å². The molecule has 1 unspecified atom stereocenters. The first kappa shape index (κ1) is 15.3. The number of aromatic nitrogens is 1. The second kappa shape index (κ2) is 7.11. The minimum Gasteiger partial charge on any atom is -0.481 e. The lowest BCUT2D eigenvalue weighted by Crippen LogP contribution is -2.09. The van der Waals surface area contributed by atoms with Gasteiger partial charge in [0, 0.05) is 30.9 Å². The van der Waals surface area contributed by atoms with Crippen molar-refractivity contribution in [2.45, 2.75) is 25.3 Å². The van der Waals surface area contributed by atoms with Crippen LogP contribution in [-0.2, 0) is 4.74 Å². The normalized spacial score (nSPS) is 20.1. The molecular formula is C17H20N2O2S. The largest absolute Gasteiger partial charge is 0.481 e. The zero-order valence-corrected chi connectivity index (χ0v) is 13.7. The molecule has 1 aliphatic carbocycles. The molecule has 116 valence electrons. The first-order valence-corrected chi connectivity index (χ1v) is 8.27. The number of rotatable bonds is 6. The van der Waals surface area contributed by atoms with E-state index in [1.54, 1.807) is 14.2 Å². The summed E-state index contributed by atoms with van der Waals surface area (Å²) in [5.41, 5.74) is 2.38. The molecule has 0 fully saturated rings. The summed E-state index contributed by atoms with van der Waals surface area (Å²) in [6.07, 6.45) is 9.37. The van der Waals surface area contributed by atoms with Crippen molar-refractivity contribution in [3.05, 3.63) is 41.0 Å². The molecule has 1 atom stereocenters. The number of hydrogen-bond acceptors (Lipinski definition) is 5. The molecule has 0 saturated heterocycles.